The topological polar surface area (TPSA) is 59.7 Å². The third-order valence-corrected chi connectivity index (χ3v) is 8.07. The number of rotatable bonds is 3. The van der Waals surface area contributed by atoms with E-state index in [0.29, 0.717) is 11.5 Å². The average molecular weight is 389 g/mol. The van der Waals surface area contributed by atoms with E-state index in [2.05, 4.69) is 21.3 Å². The SMILES string of the molecule is Cc1c(CN2CCOC3(CCS(=O)(=Nc4ccccc4)CC3)C2)cnn1C. The molecular weight excluding hydrogens is 360 g/mol. The molecule has 0 aliphatic carbocycles. The number of hydrogen-bond donors (Lipinski definition) is 0. The van der Waals surface area contributed by atoms with Crippen LogP contribution in [0.15, 0.2) is 40.9 Å². The largest absolute Gasteiger partial charge is 0.372 e. The number of hydrogen-bond acceptors (Lipinski definition) is 5. The van der Waals surface area contributed by atoms with Gasteiger partial charge in [0.25, 0.3) is 0 Å². The van der Waals surface area contributed by atoms with Crippen LogP contribution in [-0.4, -0.2) is 55.7 Å². The lowest BCUT2D eigenvalue weighted by molar-refractivity contribution is -0.115. The lowest BCUT2D eigenvalue weighted by atomic mass is 9.94. The smallest absolute Gasteiger partial charge is 0.0827 e. The molecule has 1 aromatic heterocycles. The van der Waals surface area contributed by atoms with Gasteiger partial charge < -0.3 is 4.74 Å². The summed E-state index contributed by atoms with van der Waals surface area (Å²) in [4.78, 5) is 2.45. The van der Waals surface area contributed by atoms with E-state index in [9.17, 15) is 4.21 Å². The van der Waals surface area contributed by atoms with Crippen molar-refractivity contribution in [1.29, 1.82) is 0 Å². The van der Waals surface area contributed by atoms with Gasteiger partial charge in [-0.1, -0.05) is 18.2 Å². The number of benzene rings is 1. The Bertz CT molecular complexity index is 901. The van der Waals surface area contributed by atoms with Crippen LogP contribution < -0.4 is 0 Å². The zero-order chi connectivity index (χ0) is 18.9. The van der Waals surface area contributed by atoms with Crippen molar-refractivity contribution in [1.82, 2.24) is 14.7 Å². The highest BCUT2D eigenvalue weighted by Gasteiger charge is 2.41. The van der Waals surface area contributed by atoms with Crippen molar-refractivity contribution < 1.29 is 8.95 Å². The highest BCUT2D eigenvalue weighted by atomic mass is 32.2. The number of aromatic nitrogens is 2. The number of aryl methyl sites for hydroxylation is 1. The van der Waals surface area contributed by atoms with Crippen molar-refractivity contribution in [2.24, 2.45) is 11.4 Å². The van der Waals surface area contributed by atoms with Crippen LogP contribution in [0.2, 0.25) is 0 Å². The van der Waals surface area contributed by atoms with Crippen molar-refractivity contribution >= 4 is 15.4 Å². The van der Waals surface area contributed by atoms with Gasteiger partial charge in [0.2, 0.25) is 0 Å². The van der Waals surface area contributed by atoms with Gasteiger partial charge in [0, 0.05) is 49.4 Å². The summed E-state index contributed by atoms with van der Waals surface area (Å²) in [5.74, 6) is 1.23. The number of ether oxygens (including phenoxy) is 1. The normalized spacial score (nSPS) is 29.1. The summed E-state index contributed by atoms with van der Waals surface area (Å²) >= 11 is 0. The van der Waals surface area contributed by atoms with E-state index in [1.165, 1.54) is 11.3 Å². The van der Waals surface area contributed by atoms with Crippen molar-refractivity contribution in [2.45, 2.75) is 31.9 Å². The Morgan fingerprint density at radius 2 is 2.00 bits per heavy atom. The molecule has 1 spiro atoms. The first-order chi connectivity index (χ1) is 13.0. The molecule has 2 aliphatic rings. The summed E-state index contributed by atoms with van der Waals surface area (Å²) in [7, 11) is -0.205. The van der Waals surface area contributed by atoms with Gasteiger partial charge >= 0.3 is 0 Å². The van der Waals surface area contributed by atoms with E-state index >= 15 is 0 Å². The summed E-state index contributed by atoms with van der Waals surface area (Å²) in [6.45, 7) is 5.56. The van der Waals surface area contributed by atoms with Crippen molar-refractivity contribution in [3.63, 3.8) is 0 Å². The van der Waals surface area contributed by atoms with Gasteiger partial charge in [-0.15, -0.1) is 0 Å². The van der Waals surface area contributed by atoms with Crippen molar-refractivity contribution in [2.75, 3.05) is 31.2 Å². The monoisotopic (exact) mass is 388 g/mol. The summed E-state index contributed by atoms with van der Waals surface area (Å²) in [5, 5.41) is 4.35. The Morgan fingerprint density at radius 1 is 1.26 bits per heavy atom. The fourth-order valence-corrected chi connectivity index (χ4v) is 6.27. The second-order valence-corrected chi connectivity index (χ2v) is 10.3. The maximum atomic E-state index is 13.2. The van der Waals surface area contributed by atoms with Gasteiger partial charge in [-0.25, -0.2) is 4.21 Å². The molecule has 1 aromatic carbocycles. The first kappa shape index (κ1) is 18.7. The van der Waals surface area contributed by atoms with Crippen molar-refractivity contribution in [3.8, 4) is 0 Å². The third-order valence-electron chi connectivity index (χ3n) is 5.84. The van der Waals surface area contributed by atoms with Crippen LogP contribution in [0.4, 0.5) is 5.69 Å². The van der Waals surface area contributed by atoms with E-state index in [0.717, 1.165) is 44.8 Å². The van der Waals surface area contributed by atoms with Crippen LogP contribution in [0.3, 0.4) is 0 Å². The maximum Gasteiger partial charge on any atom is 0.0827 e. The maximum absolute atomic E-state index is 13.2. The quantitative estimate of drug-likeness (QED) is 0.811. The lowest BCUT2D eigenvalue weighted by Crippen LogP contribution is -2.54. The number of morpholine rings is 1. The van der Waals surface area contributed by atoms with Gasteiger partial charge in [0.15, 0.2) is 0 Å². The van der Waals surface area contributed by atoms with E-state index in [4.69, 9.17) is 4.74 Å². The molecule has 2 aromatic rings. The molecule has 0 atom stereocenters. The Kier molecular flexibility index (Phi) is 5.09. The molecule has 4 rings (SSSR count). The van der Waals surface area contributed by atoms with Crippen LogP contribution in [0, 0.1) is 6.92 Å². The van der Waals surface area contributed by atoms with Gasteiger partial charge in [0.05, 0.1) is 33.8 Å². The molecule has 3 heterocycles. The molecule has 2 saturated heterocycles. The molecule has 0 radical (unpaired) electrons. The van der Waals surface area contributed by atoms with E-state index < -0.39 is 9.73 Å². The van der Waals surface area contributed by atoms with E-state index in [1.54, 1.807) is 0 Å². The Balaban J connectivity index is 1.43. The third kappa shape index (κ3) is 4.10. The molecule has 6 nitrogen and oxygen atoms in total. The zero-order valence-electron chi connectivity index (χ0n) is 16.1. The highest BCUT2D eigenvalue weighted by molar-refractivity contribution is 7.93. The second kappa shape index (κ2) is 7.37. The Hall–Kier alpha value is -1.70. The van der Waals surface area contributed by atoms with Crippen LogP contribution in [0.25, 0.3) is 0 Å². The predicted molar refractivity (Wildman–Crippen MR) is 108 cm³/mol. The first-order valence-corrected chi connectivity index (χ1v) is 11.4. The molecule has 0 bridgehead atoms. The molecule has 0 amide bonds. The van der Waals surface area contributed by atoms with Gasteiger partial charge in [0.1, 0.15) is 0 Å². The average Bonchev–Trinajstić information content (AvgIpc) is 2.98. The lowest BCUT2D eigenvalue weighted by Gasteiger charge is -2.45. The summed E-state index contributed by atoms with van der Waals surface area (Å²) in [5.41, 5.74) is 3.12. The van der Waals surface area contributed by atoms with E-state index in [1.807, 2.05) is 48.3 Å². The molecule has 0 unspecified atom stereocenters. The summed E-state index contributed by atoms with van der Waals surface area (Å²) in [6, 6.07) is 9.68. The highest BCUT2D eigenvalue weighted by Crippen LogP contribution is 2.33. The minimum absolute atomic E-state index is 0.179. The fourth-order valence-electron chi connectivity index (χ4n) is 3.99. The molecule has 27 heavy (non-hydrogen) atoms. The summed E-state index contributed by atoms with van der Waals surface area (Å²) < 4.78 is 25.9. The minimum Gasteiger partial charge on any atom is -0.372 e. The molecular formula is C20H28N4O2S. The number of nitrogens with zero attached hydrogens (tertiary/aromatic N) is 4. The zero-order valence-corrected chi connectivity index (χ0v) is 17.0. The van der Waals surface area contributed by atoms with Crippen LogP contribution >= 0.6 is 0 Å². The molecule has 2 aliphatic heterocycles. The minimum atomic E-state index is -2.19. The Morgan fingerprint density at radius 3 is 2.67 bits per heavy atom. The standard InChI is InChI=1S/C20H28N4O2S/c1-17-18(14-21-23(17)2)15-24-10-11-26-20(16-24)8-12-27(25,13-9-20)22-19-6-4-3-5-7-19/h3-7,14H,8-13,15-16H2,1-2H3. The van der Waals surface area contributed by atoms with Crippen LogP contribution in [-0.2, 0) is 28.1 Å². The fraction of sp³-hybridized carbons (Fsp3) is 0.550. The van der Waals surface area contributed by atoms with Gasteiger partial charge in [-0.05, 0) is 31.9 Å². The molecule has 146 valence electrons. The first-order valence-electron chi connectivity index (χ1n) is 9.58. The second-order valence-electron chi connectivity index (χ2n) is 7.73. The summed E-state index contributed by atoms with van der Waals surface area (Å²) in [6.07, 6.45) is 3.58. The van der Waals surface area contributed by atoms with Crippen molar-refractivity contribution in [3.05, 3.63) is 47.8 Å². The van der Waals surface area contributed by atoms with Crippen LogP contribution in [0.5, 0.6) is 0 Å². The molecule has 7 heteroatoms. The van der Waals surface area contributed by atoms with E-state index in [-0.39, 0.29) is 5.60 Å². The molecule has 0 saturated carbocycles. The van der Waals surface area contributed by atoms with Crippen LogP contribution in [0.1, 0.15) is 24.1 Å². The molecule has 0 N–H and O–H groups in total. The van der Waals surface area contributed by atoms with Gasteiger partial charge in [-0.3, -0.25) is 9.58 Å². The Labute approximate surface area is 161 Å². The predicted octanol–water partition coefficient (Wildman–Crippen LogP) is 2.89. The van der Waals surface area contributed by atoms with Gasteiger partial charge in [-0.2, -0.15) is 9.46 Å². The molecule has 2 fully saturated rings.